The average molecular weight is 349 g/mol. The SMILES string of the molecule is CCc1cn(-c2ccc(COc3cc(N)nc4n[nH]nc34)c(C)c2)cn1. The van der Waals surface area contributed by atoms with Crippen molar-refractivity contribution in [3.8, 4) is 11.4 Å². The Morgan fingerprint density at radius 2 is 2.12 bits per heavy atom. The number of aryl methyl sites for hydroxylation is 2. The number of aromatic nitrogens is 6. The number of nitrogens with one attached hydrogen (secondary N) is 1. The molecule has 4 rings (SSSR count). The standard InChI is InChI=1S/C18H19N7O/c1-3-13-8-25(10-20-13)14-5-4-12(11(2)6-14)9-26-15-7-16(19)21-18-17(15)22-24-23-18/h4-8,10H,3,9H2,1-2H3,(H3,19,21,22,23,24). The van der Waals surface area contributed by atoms with E-state index in [0.717, 1.165) is 28.9 Å². The Balaban J connectivity index is 1.56. The third-order valence-corrected chi connectivity index (χ3v) is 4.28. The number of hydrogen-bond donors (Lipinski definition) is 2. The molecular formula is C18H19N7O. The second-order valence-corrected chi connectivity index (χ2v) is 6.07. The molecule has 132 valence electrons. The number of imidazole rings is 1. The number of benzene rings is 1. The van der Waals surface area contributed by atoms with Crippen LogP contribution in [0.25, 0.3) is 16.9 Å². The average Bonchev–Trinajstić information content (AvgIpc) is 3.29. The van der Waals surface area contributed by atoms with Gasteiger partial charge in [-0.2, -0.15) is 10.3 Å². The number of hydrogen-bond acceptors (Lipinski definition) is 6. The van der Waals surface area contributed by atoms with Gasteiger partial charge < -0.3 is 15.0 Å². The molecule has 3 heterocycles. The van der Waals surface area contributed by atoms with E-state index in [2.05, 4.69) is 57.4 Å². The molecule has 1 aromatic carbocycles. The molecular weight excluding hydrogens is 330 g/mol. The Bertz CT molecular complexity index is 1070. The Labute approximate surface area is 150 Å². The third-order valence-electron chi connectivity index (χ3n) is 4.28. The third kappa shape index (κ3) is 2.97. The van der Waals surface area contributed by atoms with Crippen LogP contribution < -0.4 is 10.5 Å². The summed E-state index contributed by atoms with van der Waals surface area (Å²) in [5, 5.41) is 10.6. The van der Waals surface area contributed by atoms with E-state index in [1.165, 1.54) is 0 Å². The largest absolute Gasteiger partial charge is 0.486 e. The fourth-order valence-corrected chi connectivity index (χ4v) is 2.78. The van der Waals surface area contributed by atoms with E-state index in [9.17, 15) is 0 Å². The number of ether oxygens (including phenoxy) is 1. The summed E-state index contributed by atoms with van der Waals surface area (Å²) in [4.78, 5) is 8.48. The Morgan fingerprint density at radius 3 is 2.88 bits per heavy atom. The smallest absolute Gasteiger partial charge is 0.207 e. The molecule has 3 aromatic heterocycles. The van der Waals surface area contributed by atoms with Crippen LogP contribution in [-0.2, 0) is 13.0 Å². The van der Waals surface area contributed by atoms with Gasteiger partial charge in [0.15, 0.2) is 11.3 Å². The van der Waals surface area contributed by atoms with Crippen molar-refractivity contribution in [2.45, 2.75) is 26.9 Å². The Morgan fingerprint density at radius 1 is 1.23 bits per heavy atom. The highest BCUT2D eigenvalue weighted by Crippen LogP contribution is 2.25. The number of H-pyrrole nitrogens is 1. The first kappa shape index (κ1) is 16.1. The lowest BCUT2D eigenvalue weighted by molar-refractivity contribution is 0.308. The van der Waals surface area contributed by atoms with Crippen LogP contribution in [0.5, 0.6) is 5.75 Å². The van der Waals surface area contributed by atoms with Crippen LogP contribution in [-0.4, -0.2) is 29.9 Å². The number of nitrogens with two attached hydrogens (primary N) is 1. The van der Waals surface area contributed by atoms with E-state index in [1.807, 2.05) is 17.1 Å². The topological polar surface area (TPSA) is 108 Å². The van der Waals surface area contributed by atoms with Crippen molar-refractivity contribution in [2.24, 2.45) is 0 Å². The summed E-state index contributed by atoms with van der Waals surface area (Å²) in [6.07, 6.45) is 4.81. The molecule has 0 amide bonds. The zero-order valence-corrected chi connectivity index (χ0v) is 14.6. The van der Waals surface area contributed by atoms with E-state index in [-0.39, 0.29) is 0 Å². The van der Waals surface area contributed by atoms with E-state index >= 15 is 0 Å². The predicted octanol–water partition coefficient (Wildman–Crippen LogP) is 2.57. The van der Waals surface area contributed by atoms with Gasteiger partial charge in [-0.1, -0.05) is 13.0 Å². The van der Waals surface area contributed by atoms with Crippen LogP contribution in [0.1, 0.15) is 23.7 Å². The van der Waals surface area contributed by atoms with E-state index in [0.29, 0.717) is 29.3 Å². The fourth-order valence-electron chi connectivity index (χ4n) is 2.78. The summed E-state index contributed by atoms with van der Waals surface area (Å²) in [7, 11) is 0. The van der Waals surface area contributed by atoms with Gasteiger partial charge in [-0.3, -0.25) is 0 Å². The quantitative estimate of drug-likeness (QED) is 0.573. The first-order valence-electron chi connectivity index (χ1n) is 8.36. The summed E-state index contributed by atoms with van der Waals surface area (Å²) >= 11 is 0. The Hall–Kier alpha value is -3.42. The molecule has 0 fully saturated rings. The van der Waals surface area contributed by atoms with Gasteiger partial charge in [0.05, 0.1) is 12.0 Å². The highest BCUT2D eigenvalue weighted by molar-refractivity contribution is 5.78. The van der Waals surface area contributed by atoms with Gasteiger partial charge >= 0.3 is 0 Å². The van der Waals surface area contributed by atoms with Crippen LogP contribution in [0.3, 0.4) is 0 Å². The fraction of sp³-hybridized carbons (Fsp3) is 0.222. The van der Waals surface area contributed by atoms with Crippen molar-refractivity contribution in [1.29, 1.82) is 0 Å². The molecule has 26 heavy (non-hydrogen) atoms. The maximum absolute atomic E-state index is 5.93. The highest BCUT2D eigenvalue weighted by Gasteiger charge is 2.11. The summed E-state index contributed by atoms with van der Waals surface area (Å²) < 4.78 is 7.96. The zero-order chi connectivity index (χ0) is 18.1. The maximum Gasteiger partial charge on any atom is 0.207 e. The number of rotatable bonds is 5. The van der Waals surface area contributed by atoms with Crippen molar-refractivity contribution >= 4 is 17.0 Å². The van der Waals surface area contributed by atoms with E-state index in [1.54, 1.807) is 6.07 Å². The number of anilines is 1. The van der Waals surface area contributed by atoms with Gasteiger partial charge in [-0.25, -0.2) is 9.97 Å². The molecule has 0 saturated heterocycles. The van der Waals surface area contributed by atoms with E-state index < -0.39 is 0 Å². The van der Waals surface area contributed by atoms with Gasteiger partial charge in [-0.15, -0.1) is 5.10 Å². The second-order valence-electron chi connectivity index (χ2n) is 6.07. The van der Waals surface area contributed by atoms with Crippen LogP contribution in [0.15, 0.2) is 36.8 Å². The summed E-state index contributed by atoms with van der Waals surface area (Å²) in [5.41, 5.74) is 11.2. The number of nitrogen functional groups attached to an aromatic ring is 1. The molecule has 0 aliphatic heterocycles. The lowest BCUT2D eigenvalue weighted by atomic mass is 10.1. The molecule has 3 N–H and O–H groups in total. The van der Waals surface area contributed by atoms with Gasteiger partial charge in [0.25, 0.3) is 0 Å². The summed E-state index contributed by atoms with van der Waals surface area (Å²) in [6, 6.07) is 7.89. The first-order chi connectivity index (χ1) is 12.6. The molecule has 4 aromatic rings. The molecule has 0 radical (unpaired) electrons. The molecule has 0 spiro atoms. The molecule has 0 atom stereocenters. The number of pyridine rings is 1. The van der Waals surface area contributed by atoms with Gasteiger partial charge in [0.2, 0.25) is 5.65 Å². The lowest BCUT2D eigenvalue weighted by Crippen LogP contribution is -2.01. The van der Waals surface area contributed by atoms with E-state index in [4.69, 9.17) is 10.5 Å². The van der Waals surface area contributed by atoms with Crippen molar-refractivity contribution < 1.29 is 4.74 Å². The van der Waals surface area contributed by atoms with Crippen molar-refractivity contribution in [1.82, 2.24) is 29.9 Å². The molecule has 0 bridgehead atoms. The zero-order valence-electron chi connectivity index (χ0n) is 14.6. The molecule has 0 saturated carbocycles. The Kier molecular flexibility index (Phi) is 4.00. The molecule has 8 heteroatoms. The monoisotopic (exact) mass is 349 g/mol. The summed E-state index contributed by atoms with van der Waals surface area (Å²) in [6.45, 7) is 4.56. The first-order valence-corrected chi connectivity index (χ1v) is 8.36. The maximum atomic E-state index is 5.93. The summed E-state index contributed by atoms with van der Waals surface area (Å²) in [5.74, 6) is 0.909. The minimum atomic E-state index is 0.348. The molecule has 8 nitrogen and oxygen atoms in total. The number of fused-ring (bicyclic) bond motifs is 1. The van der Waals surface area contributed by atoms with Crippen molar-refractivity contribution in [3.63, 3.8) is 0 Å². The molecule has 0 aliphatic carbocycles. The molecule has 0 unspecified atom stereocenters. The number of aromatic amines is 1. The lowest BCUT2D eigenvalue weighted by Gasteiger charge is -2.11. The normalized spacial score (nSPS) is 11.2. The van der Waals surface area contributed by atoms with Crippen molar-refractivity contribution in [2.75, 3.05) is 5.73 Å². The van der Waals surface area contributed by atoms with Crippen molar-refractivity contribution in [3.05, 3.63) is 53.6 Å². The minimum Gasteiger partial charge on any atom is -0.486 e. The second kappa shape index (κ2) is 6.47. The van der Waals surface area contributed by atoms with Gasteiger partial charge in [-0.05, 0) is 36.6 Å². The van der Waals surface area contributed by atoms with Gasteiger partial charge in [0.1, 0.15) is 12.4 Å². The van der Waals surface area contributed by atoms with Crippen LogP contribution >= 0.6 is 0 Å². The highest BCUT2D eigenvalue weighted by atomic mass is 16.5. The minimum absolute atomic E-state index is 0.348. The van der Waals surface area contributed by atoms with Crippen LogP contribution in [0.2, 0.25) is 0 Å². The molecule has 0 aliphatic rings. The van der Waals surface area contributed by atoms with Crippen LogP contribution in [0.4, 0.5) is 5.82 Å². The number of nitrogens with zero attached hydrogens (tertiary/aromatic N) is 5. The van der Waals surface area contributed by atoms with Crippen LogP contribution in [0, 0.1) is 6.92 Å². The van der Waals surface area contributed by atoms with Gasteiger partial charge in [0, 0.05) is 18.0 Å². The predicted molar refractivity (Wildman–Crippen MR) is 98.1 cm³/mol.